The molecule has 2 fully saturated rings. The maximum Gasteiger partial charge on any atom is 0.243 e. The fourth-order valence-electron chi connectivity index (χ4n) is 3.40. The van der Waals surface area contributed by atoms with E-state index in [-0.39, 0.29) is 12.5 Å². The number of guanidine groups is 1. The Bertz CT molecular complexity index is 443. The zero-order valence-electron chi connectivity index (χ0n) is 15.3. The molecular formula is C18H33N5O. The van der Waals surface area contributed by atoms with Gasteiger partial charge in [-0.2, -0.15) is 0 Å². The third-order valence-electron chi connectivity index (χ3n) is 4.82. The van der Waals surface area contributed by atoms with Crippen molar-refractivity contribution in [2.24, 2.45) is 10.9 Å². The number of nitrogens with zero attached hydrogens (tertiary/aromatic N) is 4. The predicted molar refractivity (Wildman–Crippen MR) is 99.2 cm³/mol. The van der Waals surface area contributed by atoms with Gasteiger partial charge in [0.25, 0.3) is 0 Å². The molecule has 1 atom stereocenters. The van der Waals surface area contributed by atoms with Crippen LogP contribution in [0.5, 0.6) is 0 Å². The second kappa shape index (κ2) is 9.67. The molecule has 2 heterocycles. The van der Waals surface area contributed by atoms with Crippen LogP contribution in [0.2, 0.25) is 0 Å². The number of likely N-dealkylation sites (N-methyl/N-ethyl adjacent to an activating group) is 1. The molecule has 0 aromatic heterocycles. The highest BCUT2D eigenvalue weighted by atomic mass is 16.2. The maximum absolute atomic E-state index is 11.8. The zero-order chi connectivity index (χ0) is 17.4. The van der Waals surface area contributed by atoms with Crippen molar-refractivity contribution in [3.8, 4) is 0 Å². The second-order valence-corrected chi connectivity index (χ2v) is 7.06. The first kappa shape index (κ1) is 18.8. The van der Waals surface area contributed by atoms with Gasteiger partial charge >= 0.3 is 0 Å². The van der Waals surface area contributed by atoms with Gasteiger partial charge in [-0.3, -0.25) is 4.79 Å². The molecule has 0 aromatic carbocycles. The molecule has 2 aliphatic rings. The summed E-state index contributed by atoms with van der Waals surface area (Å²) in [5.74, 6) is 1.56. The third kappa shape index (κ3) is 5.82. The van der Waals surface area contributed by atoms with Crippen molar-refractivity contribution in [3.63, 3.8) is 0 Å². The number of piperidine rings is 1. The molecule has 2 saturated heterocycles. The maximum atomic E-state index is 11.8. The summed E-state index contributed by atoms with van der Waals surface area (Å²) < 4.78 is 0. The van der Waals surface area contributed by atoms with Crippen LogP contribution in [0.3, 0.4) is 0 Å². The quantitative estimate of drug-likeness (QED) is 0.447. The minimum absolute atomic E-state index is 0.0250. The molecule has 24 heavy (non-hydrogen) atoms. The van der Waals surface area contributed by atoms with E-state index >= 15 is 0 Å². The molecular weight excluding hydrogens is 302 g/mol. The summed E-state index contributed by atoms with van der Waals surface area (Å²) in [6.07, 6.45) is 7.10. The molecule has 6 heteroatoms. The van der Waals surface area contributed by atoms with E-state index in [2.05, 4.69) is 26.7 Å². The van der Waals surface area contributed by atoms with Gasteiger partial charge in [0.2, 0.25) is 5.91 Å². The van der Waals surface area contributed by atoms with Crippen LogP contribution in [0.15, 0.2) is 17.6 Å². The number of aliphatic imine (C=N–C) groups is 1. The number of hydrogen-bond donors (Lipinski definition) is 1. The van der Waals surface area contributed by atoms with Gasteiger partial charge in [-0.15, -0.1) is 6.58 Å². The molecule has 1 unspecified atom stereocenters. The third-order valence-corrected chi connectivity index (χ3v) is 4.82. The molecule has 0 spiro atoms. The van der Waals surface area contributed by atoms with Gasteiger partial charge in [0.15, 0.2) is 5.96 Å². The van der Waals surface area contributed by atoms with Gasteiger partial charge < -0.3 is 20.0 Å². The zero-order valence-corrected chi connectivity index (χ0v) is 15.3. The van der Waals surface area contributed by atoms with Gasteiger partial charge in [0, 0.05) is 40.3 Å². The van der Waals surface area contributed by atoms with Gasteiger partial charge in [-0.25, -0.2) is 4.99 Å². The molecule has 6 nitrogen and oxygen atoms in total. The number of likely N-dealkylation sites (tertiary alicyclic amines) is 2. The molecule has 0 bridgehead atoms. The van der Waals surface area contributed by atoms with Crippen LogP contribution < -0.4 is 5.32 Å². The van der Waals surface area contributed by atoms with E-state index in [1.54, 1.807) is 19.0 Å². The first-order chi connectivity index (χ1) is 11.6. The summed E-state index contributed by atoms with van der Waals surface area (Å²) in [5, 5.41) is 3.30. The number of carbonyl (C=O) groups is 1. The molecule has 1 N–H and O–H groups in total. The summed E-state index contributed by atoms with van der Waals surface area (Å²) in [7, 11) is 3.53. The lowest BCUT2D eigenvalue weighted by molar-refractivity contribution is -0.127. The number of hydrogen-bond acceptors (Lipinski definition) is 3. The summed E-state index contributed by atoms with van der Waals surface area (Å²) >= 11 is 0. The summed E-state index contributed by atoms with van der Waals surface area (Å²) in [5.41, 5.74) is 0. The summed E-state index contributed by atoms with van der Waals surface area (Å²) in [4.78, 5) is 22.8. The number of rotatable bonds is 6. The van der Waals surface area contributed by atoms with E-state index in [0.29, 0.717) is 12.5 Å². The average Bonchev–Trinajstić information content (AvgIpc) is 3.03. The van der Waals surface area contributed by atoms with Crippen molar-refractivity contribution in [1.82, 2.24) is 20.0 Å². The molecule has 0 saturated carbocycles. The van der Waals surface area contributed by atoms with E-state index in [4.69, 9.17) is 0 Å². The molecule has 136 valence electrons. The Kier molecular flexibility index (Phi) is 7.56. The normalized spacial score (nSPS) is 22.5. The molecule has 2 rings (SSSR count). The lowest BCUT2D eigenvalue weighted by Crippen LogP contribution is -2.42. The van der Waals surface area contributed by atoms with Crippen LogP contribution in [0, 0.1) is 5.92 Å². The number of carbonyl (C=O) groups excluding carboxylic acids is 1. The molecule has 0 aromatic rings. The van der Waals surface area contributed by atoms with Crippen LogP contribution in [0.1, 0.15) is 25.7 Å². The highest BCUT2D eigenvalue weighted by molar-refractivity contribution is 5.85. The Morgan fingerprint density at radius 3 is 2.71 bits per heavy atom. The van der Waals surface area contributed by atoms with Crippen LogP contribution in [-0.4, -0.2) is 86.5 Å². The van der Waals surface area contributed by atoms with Crippen molar-refractivity contribution >= 4 is 11.9 Å². The van der Waals surface area contributed by atoms with Crippen LogP contribution in [0.25, 0.3) is 0 Å². The van der Waals surface area contributed by atoms with E-state index in [1.807, 2.05) is 6.08 Å². The fourth-order valence-corrected chi connectivity index (χ4v) is 3.40. The van der Waals surface area contributed by atoms with E-state index in [0.717, 1.165) is 19.0 Å². The molecule has 0 aliphatic carbocycles. The Hall–Kier alpha value is -1.56. The SMILES string of the molecule is C=CCNC(=NCC(=O)N(C)C)N1CCC(CN2CCCCC2)C1. The Morgan fingerprint density at radius 1 is 1.29 bits per heavy atom. The average molecular weight is 335 g/mol. The Morgan fingerprint density at radius 2 is 2.04 bits per heavy atom. The summed E-state index contributed by atoms with van der Waals surface area (Å²) in [6, 6.07) is 0. The van der Waals surface area contributed by atoms with Crippen molar-refractivity contribution in [2.75, 3.05) is 59.9 Å². The second-order valence-electron chi connectivity index (χ2n) is 7.06. The monoisotopic (exact) mass is 335 g/mol. The van der Waals surface area contributed by atoms with Crippen LogP contribution >= 0.6 is 0 Å². The molecule has 0 radical (unpaired) electrons. The van der Waals surface area contributed by atoms with Gasteiger partial charge in [-0.05, 0) is 38.3 Å². The Labute approximate surface area is 146 Å². The van der Waals surface area contributed by atoms with Crippen molar-refractivity contribution in [2.45, 2.75) is 25.7 Å². The summed E-state index contributed by atoms with van der Waals surface area (Å²) in [6.45, 7) is 10.4. The minimum Gasteiger partial charge on any atom is -0.353 e. The van der Waals surface area contributed by atoms with Crippen LogP contribution in [-0.2, 0) is 4.79 Å². The number of nitrogens with one attached hydrogen (secondary N) is 1. The predicted octanol–water partition coefficient (Wildman–Crippen LogP) is 1.01. The number of amides is 1. The fraction of sp³-hybridized carbons (Fsp3) is 0.778. The molecule has 1 amide bonds. The van der Waals surface area contributed by atoms with E-state index < -0.39 is 0 Å². The van der Waals surface area contributed by atoms with Crippen molar-refractivity contribution in [1.29, 1.82) is 0 Å². The van der Waals surface area contributed by atoms with E-state index in [1.165, 1.54) is 45.3 Å². The minimum atomic E-state index is 0.0250. The highest BCUT2D eigenvalue weighted by Crippen LogP contribution is 2.19. The Balaban J connectivity index is 1.88. The van der Waals surface area contributed by atoms with Gasteiger partial charge in [0.05, 0.1) is 0 Å². The largest absolute Gasteiger partial charge is 0.353 e. The van der Waals surface area contributed by atoms with Gasteiger partial charge in [-0.1, -0.05) is 12.5 Å². The van der Waals surface area contributed by atoms with Crippen LogP contribution in [0.4, 0.5) is 0 Å². The lowest BCUT2D eigenvalue weighted by Gasteiger charge is -2.29. The first-order valence-electron chi connectivity index (χ1n) is 9.17. The standard InChI is InChI=1S/C18H33N5O/c1-4-9-19-18(20-13-17(24)21(2)3)23-12-8-16(15-23)14-22-10-6-5-7-11-22/h4,16H,1,5-15H2,2-3H3,(H,19,20). The highest BCUT2D eigenvalue weighted by Gasteiger charge is 2.27. The smallest absolute Gasteiger partial charge is 0.243 e. The topological polar surface area (TPSA) is 51.2 Å². The first-order valence-corrected chi connectivity index (χ1v) is 9.17. The van der Waals surface area contributed by atoms with Gasteiger partial charge in [0.1, 0.15) is 6.54 Å². The lowest BCUT2D eigenvalue weighted by atomic mass is 10.1. The van der Waals surface area contributed by atoms with Crippen molar-refractivity contribution < 1.29 is 4.79 Å². The van der Waals surface area contributed by atoms with Crippen molar-refractivity contribution in [3.05, 3.63) is 12.7 Å². The molecule has 2 aliphatic heterocycles. The van der Waals surface area contributed by atoms with E-state index in [9.17, 15) is 4.79 Å².